The van der Waals surface area contributed by atoms with Crippen molar-refractivity contribution in [2.75, 3.05) is 13.1 Å². The van der Waals surface area contributed by atoms with Gasteiger partial charge in [0.25, 0.3) is 0 Å². The van der Waals surface area contributed by atoms with E-state index in [1.165, 1.54) is 12.1 Å². The first kappa shape index (κ1) is 29.7. The first-order valence-corrected chi connectivity index (χ1v) is 14.9. The Morgan fingerprint density at radius 3 is 2.65 bits per heavy atom. The van der Waals surface area contributed by atoms with Gasteiger partial charge in [0.2, 0.25) is 6.10 Å². The summed E-state index contributed by atoms with van der Waals surface area (Å²) in [5.74, 6) is -0.374. The quantitative estimate of drug-likeness (QED) is 0.216. The van der Waals surface area contributed by atoms with Crippen molar-refractivity contribution in [1.29, 1.82) is 0 Å². The molecule has 3 fully saturated rings. The van der Waals surface area contributed by atoms with Gasteiger partial charge in [-0.3, -0.25) is 9.88 Å². The summed E-state index contributed by atoms with van der Waals surface area (Å²) in [6.45, 7) is 11.3. The van der Waals surface area contributed by atoms with Gasteiger partial charge in [0.1, 0.15) is 11.9 Å². The lowest BCUT2D eigenvalue weighted by atomic mass is 9.73. The minimum atomic E-state index is -4.85. The number of para-hydroxylation sites is 1. The number of alkyl halides is 3. The highest BCUT2D eigenvalue weighted by Gasteiger charge is 2.50. The first-order chi connectivity index (χ1) is 20.3. The van der Waals surface area contributed by atoms with Crippen molar-refractivity contribution in [3.05, 3.63) is 88.6 Å². The summed E-state index contributed by atoms with van der Waals surface area (Å²) in [5.41, 5.74) is 1.34. The second-order valence-electron chi connectivity index (χ2n) is 12.7. The van der Waals surface area contributed by atoms with Crippen LogP contribution < -0.4 is 4.74 Å². The molecule has 0 N–H and O–H groups in total. The van der Waals surface area contributed by atoms with E-state index in [0.29, 0.717) is 39.1 Å². The Morgan fingerprint density at radius 2 is 1.98 bits per heavy atom. The number of fused-ring (bicyclic) bond motifs is 5. The van der Waals surface area contributed by atoms with Crippen LogP contribution in [-0.4, -0.2) is 47.3 Å². The fourth-order valence-corrected chi connectivity index (χ4v) is 7.25. The Kier molecular flexibility index (Phi) is 7.58. The lowest BCUT2D eigenvalue weighted by molar-refractivity contribution is -0.190. The number of aromatic nitrogens is 1. The number of carbonyl (C=O) groups is 1. The van der Waals surface area contributed by atoms with Gasteiger partial charge in [0, 0.05) is 34.3 Å². The monoisotopic (exact) mass is 610 g/mol. The topological polar surface area (TPSA) is 51.7 Å². The van der Waals surface area contributed by atoms with Crippen molar-refractivity contribution < 1.29 is 27.4 Å². The van der Waals surface area contributed by atoms with E-state index in [4.69, 9.17) is 21.1 Å². The Labute approximate surface area is 254 Å². The second kappa shape index (κ2) is 11.0. The predicted octanol–water partition coefficient (Wildman–Crippen LogP) is 8.07. The van der Waals surface area contributed by atoms with E-state index in [-0.39, 0.29) is 11.8 Å². The molecule has 0 amide bonds. The summed E-state index contributed by atoms with van der Waals surface area (Å²) < 4.78 is 55.1. The number of nitrogens with zero attached hydrogens (tertiary/aromatic N) is 2. The summed E-state index contributed by atoms with van der Waals surface area (Å²) in [6, 6.07) is 12.2. The van der Waals surface area contributed by atoms with E-state index < -0.39 is 35.3 Å². The summed E-state index contributed by atoms with van der Waals surface area (Å²) in [7, 11) is 0. The summed E-state index contributed by atoms with van der Waals surface area (Å²) >= 11 is 6.54. The van der Waals surface area contributed by atoms with Gasteiger partial charge in [-0.15, -0.1) is 6.58 Å². The predicted molar refractivity (Wildman–Crippen MR) is 161 cm³/mol. The van der Waals surface area contributed by atoms with Crippen LogP contribution in [0.2, 0.25) is 5.02 Å². The number of esters is 1. The molecule has 7 rings (SSSR count). The van der Waals surface area contributed by atoms with Crippen LogP contribution in [0.15, 0.2) is 66.9 Å². The van der Waals surface area contributed by atoms with Gasteiger partial charge in [-0.05, 0) is 72.5 Å². The minimum absolute atomic E-state index is 0.0241. The molecule has 0 radical (unpaired) electrons. The highest BCUT2D eigenvalue weighted by Crippen LogP contribution is 2.46. The largest absolute Gasteiger partial charge is 0.475 e. The lowest BCUT2D eigenvalue weighted by Crippen LogP contribution is -2.55. The van der Waals surface area contributed by atoms with E-state index in [0.717, 1.165) is 31.3 Å². The van der Waals surface area contributed by atoms with Gasteiger partial charge < -0.3 is 9.47 Å². The number of halogens is 4. The number of hydrogen-bond acceptors (Lipinski definition) is 5. The van der Waals surface area contributed by atoms with Crippen molar-refractivity contribution in [3.63, 3.8) is 0 Å². The summed E-state index contributed by atoms with van der Waals surface area (Å²) in [6.07, 6.45) is -1.60. The molecule has 1 unspecified atom stereocenters. The number of pyridine rings is 1. The second-order valence-corrected chi connectivity index (χ2v) is 13.2. The molecule has 1 aromatic heterocycles. The van der Waals surface area contributed by atoms with Crippen LogP contribution in [0.4, 0.5) is 13.2 Å². The van der Waals surface area contributed by atoms with Crippen LogP contribution in [0.25, 0.3) is 17.0 Å². The van der Waals surface area contributed by atoms with Crippen LogP contribution in [0.1, 0.15) is 56.4 Å². The Balaban J connectivity index is 1.42. The maximum Gasteiger partial charge on any atom is 0.430 e. The van der Waals surface area contributed by atoms with Gasteiger partial charge in [-0.25, -0.2) is 4.79 Å². The third-order valence-electron chi connectivity index (χ3n) is 9.01. The Hall–Kier alpha value is -3.36. The average molecular weight is 611 g/mol. The standard InChI is InChI=1S/C34H34ClF3N2O3/c1-5-19-18-40-13-11-20(19)16-28(40)30(23-10-12-39-27-9-7-6-8-22(23)27)43-32(41)24-14-21-15-26(35)25(33(2,3)4)17-29(21)42-31(24)34(36,37)38/h5-10,12,14-15,17,19-20,28,30-31H,1,11,13,16,18H2,2-4H3/t19-,20-,28+,30-,31-/m0/s1. The van der Waals surface area contributed by atoms with E-state index in [9.17, 15) is 18.0 Å². The molecule has 3 saturated heterocycles. The molecule has 6 atom stereocenters. The van der Waals surface area contributed by atoms with E-state index >= 15 is 0 Å². The third kappa shape index (κ3) is 5.55. The van der Waals surface area contributed by atoms with Crippen LogP contribution in [-0.2, 0) is 14.9 Å². The van der Waals surface area contributed by atoms with Crippen molar-refractivity contribution in [2.45, 2.75) is 63.5 Å². The Morgan fingerprint density at radius 1 is 1.21 bits per heavy atom. The maximum absolute atomic E-state index is 14.5. The number of benzene rings is 2. The normalized spacial score (nSPS) is 25.8. The van der Waals surface area contributed by atoms with Crippen LogP contribution in [0, 0.1) is 11.8 Å². The minimum Gasteiger partial charge on any atom is -0.475 e. The van der Waals surface area contributed by atoms with Gasteiger partial charge in [0.05, 0.1) is 17.1 Å². The molecule has 226 valence electrons. The highest BCUT2D eigenvalue weighted by atomic mass is 35.5. The van der Waals surface area contributed by atoms with E-state index in [1.807, 2.05) is 51.1 Å². The molecule has 4 aliphatic rings. The Bertz CT molecular complexity index is 1610. The molecule has 9 heteroatoms. The third-order valence-corrected chi connectivity index (χ3v) is 9.32. The fraction of sp³-hybridized carbons (Fsp3) is 0.412. The van der Waals surface area contributed by atoms with Gasteiger partial charge in [-0.1, -0.05) is 56.6 Å². The molecule has 4 aliphatic heterocycles. The average Bonchev–Trinajstić information content (AvgIpc) is 2.97. The number of hydrogen-bond donors (Lipinski definition) is 0. The van der Waals surface area contributed by atoms with Crippen molar-refractivity contribution in [3.8, 4) is 5.75 Å². The lowest BCUT2D eigenvalue weighted by Gasteiger charge is -2.51. The molecule has 3 aromatic rings. The molecule has 0 saturated carbocycles. The molecule has 5 heterocycles. The maximum atomic E-state index is 14.5. The summed E-state index contributed by atoms with van der Waals surface area (Å²) in [5, 5.41) is 1.17. The van der Waals surface area contributed by atoms with Crippen LogP contribution >= 0.6 is 11.6 Å². The molecule has 2 aromatic carbocycles. The van der Waals surface area contributed by atoms with E-state index in [1.54, 1.807) is 18.3 Å². The number of rotatable bonds is 5. The first-order valence-electron chi connectivity index (χ1n) is 14.6. The van der Waals surface area contributed by atoms with Crippen molar-refractivity contribution in [2.24, 2.45) is 11.8 Å². The smallest absolute Gasteiger partial charge is 0.430 e. The van der Waals surface area contributed by atoms with Gasteiger partial charge in [0.15, 0.2) is 0 Å². The SMILES string of the molecule is C=C[C@H]1CN2CC[C@H]1C[C@@H]2[C@@H](OC(=O)C1=Cc2cc(Cl)c(C(C)(C)C)cc2O[C@@H]1C(F)(F)F)c1ccnc2ccccc12. The van der Waals surface area contributed by atoms with Crippen molar-refractivity contribution in [1.82, 2.24) is 9.88 Å². The van der Waals surface area contributed by atoms with Gasteiger partial charge >= 0.3 is 12.1 Å². The number of piperidine rings is 3. The molecular weight excluding hydrogens is 577 g/mol. The zero-order valence-electron chi connectivity index (χ0n) is 24.3. The molecular formula is C34H34ClF3N2O3. The molecule has 0 spiro atoms. The number of ether oxygens (including phenoxy) is 2. The number of carbonyl (C=O) groups excluding carboxylic acids is 1. The highest BCUT2D eigenvalue weighted by molar-refractivity contribution is 6.31. The van der Waals surface area contributed by atoms with Crippen LogP contribution in [0.5, 0.6) is 5.75 Å². The molecule has 5 nitrogen and oxygen atoms in total. The molecule has 2 bridgehead atoms. The zero-order valence-corrected chi connectivity index (χ0v) is 25.1. The summed E-state index contributed by atoms with van der Waals surface area (Å²) in [4.78, 5) is 20.6. The zero-order chi connectivity index (χ0) is 30.7. The fourth-order valence-electron chi connectivity index (χ4n) is 6.79. The van der Waals surface area contributed by atoms with Gasteiger partial charge in [-0.2, -0.15) is 13.2 Å². The molecule has 43 heavy (non-hydrogen) atoms. The van der Waals surface area contributed by atoms with Crippen molar-refractivity contribution >= 4 is 34.5 Å². The molecule has 0 aliphatic carbocycles. The van der Waals surface area contributed by atoms with Crippen LogP contribution in [0.3, 0.4) is 0 Å². The van der Waals surface area contributed by atoms with E-state index in [2.05, 4.69) is 16.5 Å².